The Bertz CT molecular complexity index is 1330. The van der Waals surface area contributed by atoms with Crippen molar-refractivity contribution >= 4 is 17.0 Å². The van der Waals surface area contributed by atoms with Gasteiger partial charge in [0, 0.05) is 26.1 Å². The SMILES string of the molecule is CCc1cccc(CNC[C@H](O)[C@H](Cc2cc(F)cc(F)c2)NC(=O)c2cccc3oc(C)nc23)c1. The molecule has 1 aromatic heterocycles. The Labute approximate surface area is 208 Å². The van der Waals surface area contributed by atoms with Crippen molar-refractivity contribution < 1.29 is 23.1 Å². The van der Waals surface area contributed by atoms with E-state index in [1.807, 2.05) is 12.1 Å². The van der Waals surface area contributed by atoms with E-state index in [1.54, 1.807) is 25.1 Å². The molecule has 0 radical (unpaired) electrons. The summed E-state index contributed by atoms with van der Waals surface area (Å²) >= 11 is 0. The van der Waals surface area contributed by atoms with Crippen LogP contribution in [0.3, 0.4) is 0 Å². The van der Waals surface area contributed by atoms with Crippen LogP contribution in [0.15, 0.2) is 65.1 Å². The topological polar surface area (TPSA) is 87.4 Å². The number of nitrogens with zero attached hydrogens (tertiary/aromatic N) is 1. The molecule has 4 rings (SSSR count). The molecule has 0 aliphatic rings. The average molecular weight is 494 g/mol. The summed E-state index contributed by atoms with van der Waals surface area (Å²) in [6, 6.07) is 15.5. The van der Waals surface area contributed by atoms with E-state index < -0.39 is 29.7 Å². The fourth-order valence-corrected chi connectivity index (χ4v) is 4.22. The lowest BCUT2D eigenvalue weighted by molar-refractivity contribution is 0.0831. The van der Waals surface area contributed by atoms with Gasteiger partial charge < -0.3 is 20.2 Å². The minimum atomic E-state index is -1.03. The highest BCUT2D eigenvalue weighted by Crippen LogP contribution is 2.20. The van der Waals surface area contributed by atoms with Crippen LogP contribution in [0.2, 0.25) is 0 Å². The summed E-state index contributed by atoms with van der Waals surface area (Å²) in [5, 5.41) is 17.0. The average Bonchev–Trinajstić information content (AvgIpc) is 3.23. The first-order valence-electron chi connectivity index (χ1n) is 11.9. The van der Waals surface area contributed by atoms with Crippen molar-refractivity contribution in [2.75, 3.05) is 6.54 Å². The number of hydrogen-bond acceptors (Lipinski definition) is 5. The highest BCUT2D eigenvalue weighted by atomic mass is 19.1. The van der Waals surface area contributed by atoms with Crippen LogP contribution in [-0.2, 0) is 19.4 Å². The fourth-order valence-electron chi connectivity index (χ4n) is 4.22. The van der Waals surface area contributed by atoms with Crippen LogP contribution in [0.1, 0.15) is 39.9 Å². The number of amides is 1. The summed E-state index contributed by atoms with van der Waals surface area (Å²) in [4.78, 5) is 17.5. The molecule has 3 N–H and O–H groups in total. The van der Waals surface area contributed by atoms with Gasteiger partial charge in [-0.25, -0.2) is 13.8 Å². The second-order valence-electron chi connectivity index (χ2n) is 8.82. The number of oxazole rings is 1. The number of aliphatic hydroxyl groups is 1. The molecule has 36 heavy (non-hydrogen) atoms. The maximum absolute atomic E-state index is 13.8. The third-order valence-corrected chi connectivity index (χ3v) is 6.01. The Kier molecular flexibility index (Phi) is 8.07. The predicted molar refractivity (Wildman–Crippen MR) is 134 cm³/mol. The van der Waals surface area contributed by atoms with E-state index in [9.17, 15) is 18.7 Å². The number of aryl methyl sites for hydroxylation is 2. The van der Waals surface area contributed by atoms with Crippen LogP contribution in [-0.4, -0.2) is 34.7 Å². The smallest absolute Gasteiger partial charge is 0.253 e. The number of aromatic nitrogens is 1. The third kappa shape index (κ3) is 6.33. The minimum Gasteiger partial charge on any atom is -0.441 e. The largest absolute Gasteiger partial charge is 0.441 e. The number of carbonyl (C=O) groups is 1. The molecule has 0 aliphatic carbocycles. The van der Waals surface area contributed by atoms with Crippen LogP contribution < -0.4 is 10.6 Å². The first-order chi connectivity index (χ1) is 17.3. The zero-order valence-corrected chi connectivity index (χ0v) is 20.2. The molecule has 4 aromatic rings. The zero-order valence-electron chi connectivity index (χ0n) is 20.2. The van der Waals surface area contributed by atoms with Gasteiger partial charge in [-0.1, -0.05) is 37.3 Å². The van der Waals surface area contributed by atoms with Gasteiger partial charge in [-0.15, -0.1) is 0 Å². The van der Waals surface area contributed by atoms with E-state index in [0.29, 0.717) is 29.1 Å². The van der Waals surface area contributed by atoms with Gasteiger partial charge in [0.15, 0.2) is 11.5 Å². The standard InChI is InChI=1S/C28H29F2N3O3/c1-3-18-6-4-7-19(10-18)15-31-16-25(34)24(13-20-11-21(29)14-22(30)12-20)33-28(35)23-8-5-9-26-27(23)32-17(2)36-26/h4-12,14,24-25,31,34H,3,13,15-16H2,1-2H3,(H,33,35)/t24-,25-/m0/s1. The van der Waals surface area contributed by atoms with Crippen LogP contribution >= 0.6 is 0 Å². The van der Waals surface area contributed by atoms with Gasteiger partial charge in [-0.3, -0.25) is 4.79 Å². The molecule has 0 spiro atoms. The number of carbonyl (C=O) groups excluding carboxylic acids is 1. The van der Waals surface area contributed by atoms with Gasteiger partial charge in [-0.2, -0.15) is 0 Å². The molecule has 0 saturated heterocycles. The molecule has 0 fully saturated rings. The van der Waals surface area contributed by atoms with Gasteiger partial charge in [0.05, 0.1) is 17.7 Å². The number of fused-ring (bicyclic) bond motifs is 1. The van der Waals surface area contributed by atoms with E-state index >= 15 is 0 Å². The number of aliphatic hydroxyl groups excluding tert-OH is 1. The molecule has 0 aliphatic heterocycles. The molecule has 0 unspecified atom stereocenters. The monoisotopic (exact) mass is 493 g/mol. The number of hydrogen-bond donors (Lipinski definition) is 3. The Morgan fingerprint density at radius 1 is 1.03 bits per heavy atom. The Hall–Kier alpha value is -3.62. The predicted octanol–water partition coefficient (Wildman–Crippen LogP) is 4.47. The fraction of sp³-hybridized carbons (Fsp3) is 0.286. The minimum absolute atomic E-state index is 0.0302. The highest BCUT2D eigenvalue weighted by molar-refractivity contribution is 6.04. The lowest BCUT2D eigenvalue weighted by Gasteiger charge is -2.25. The molecule has 0 saturated carbocycles. The molecule has 2 atom stereocenters. The Balaban J connectivity index is 1.51. The summed E-state index contributed by atoms with van der Waals surface area (Å²) in [6.45, 7) is 4.46. The molecule has 6 nitrogen and oxygen atoms in total. The van der Waals surface area contributed by atoms with Crippen molar-refractivity contribution in [3.05, 3.63) is 100 Å². The van der Waals surface area contributed by atoms with Crippen molar-refractivity contribution in [1.82, 2.24) is 15.6 Å². The molecule has 1 amide bonds. The van der Waals surface area contributed by atoms with E-state index in [1.165, 1.54) is 17.7 Å². The van der Waals surface area contributed by atoms with Gasteiger partial charge in [0.2, 0.25) is 0 Å². The van der Waals surface area contributed by atoms with Gasteiger partial charge >= 0.3 is 0 Å². The van der Waals surface area contributed by atoms with Crippen molar-refractivity contribution in [2.45, 2.75) is 45.4 Å². The molecule has 188 valence electrons. The molecule has 0 bridgehead atoms. The maximum atomic E-state index is 13.8. The van der Waals surface area contributed by atoms with Crippen LogP contribution in [0, 0.1) is 18.6 Å². The molecule has 1 heterocycles. The maximum Gasteiger partial charge on any atom is 0.253 e. The number of benzene rings is 3. The molecular formula is C28H29F2N3O3. The number of nitrogens with one attached hydrogen (secondary N) is 2. The normalized spacial score (nSPS) is 13.0. The van der Waals surface area contributed by atoms with Crippen molar-refractivity contribution in [2.24, 2.45) is 0 Å². The summed E-state index contributed by atoms with van der Waals surface area (Å²) in [5.74, 6) is -1.48. The van der Waals surface area contributed by atoms with Crippen LogP contribution in [0.5, 0.6) is 0 Å². The van der Waals surface area contributed by atoms with Crippen LogP contribution in [0.25, 0.3) is 11.1 Å². The summed E-state index contributed by atoms with van der Waals surface area (Å²) in [6.07, 6.45) is -0.0810. The van der Waals surface area contributed by atoms with Gasteiger partial charge in [0.25, 0.3) is 5.91 Å². The van der Waals surface area contributed by atoms with Crippen molar-refractivity contribution in [3.8, 4) is 0 Å². The second-order valence-corrected chi connectivity index (χ2v) is 8.82. The van der Waals surface area contributed by atoms with Crippen LogP contribution in [0.4, 0.5) is 8.78 Å². The number of halogens is 2. The number of rotatable bonds is 10. The lowest BCUT2D eigenvalue weighted by Crippen LogP contribution is -2.48. The summed E-state index contributed by atoms with van der Waals surface area (Å²) < 4.78 is 33.1. The Morgan fingerprint density at radius 3 is 2.50 bits per heavy atom. The van der Waals surface area contributed by atoms with Gasteiger partial charge in [-0.05, 0) is 53.8 Å². The van der Waals surface area contributed by atoms with E-state index in [-0.39, 0.29) is 18.5 Å². The quantitative estimate of drug-likeness (QED) is 0.304. The van der Waals surface area contributed by atoms with E-state index in [0.717, 1.165) is 18.1 Å². The molecule has 3 aromatic carbocycles. The van der Waals surface area contributed by atoms with Crippen molar-refractivity contribution in [3.63, 3.8) is 0 Å². The molecular weight excluding hydrogens is 464 g/mol. The first kappa shape index (κ1) is 25.5. The summed E-state index contributed by atoms with van der Waals surface area (Å²) in [7, 11) is 0. The van der Waals surface area contributed by atoms with E-state index in [2.05, 4.69) is 34.7 Å². The third-order valence-electron chi connectivity index (χ3n) is 6.01. The highest BCUT2D eigenvalue weighted by Gasteiger charge is 2.24. The lowest BCUT2D eigenvalue weighted by atomic mass is 9.99. The Morgan fingerprint density at radius 2 is 1.75 bits per heavy atom. The van der Waals surface area contributed by atoms with Crippen molar-refractivity contribution in [1.29, 1.82) is 0 Å². The second kappa shape index (κ2) is 11.4. The number of para-hydroxylation sites is 1. The molecule has 8 heteroatoms. The first-order valence-corrected chi connectivity index (χ1v) is 11.9. The summed E-state index contributed by atoms with van der Waals surface area (Å²) in [5.41, 5.74) is 3.78. The van der Waals surface area contributed by atoms with E-state index in [4.69, 9.17) is 4.42 Å². The van der Waals surface area contributed by atoms with Gasteiger partial charge in [0.1, 0.15) is 17.2 Å². The zero-order chi connectivity index (χ0) is 25.7.